The quantitative estimate of drug-likeness (QED) is 0.824. The van der Waals surface area contributed by atoms with Gasteiger partial charge in [-0.1, -0.05) is 11.6 Å². The number of methoxy groups -OCH3 is 1. The molecule has 0 aliphatic heterocycles. The van der Waals surface area contributed by atoms with E-state index in [-0.39, 0.29) is 0 Å². The van der Waals surface area contributed by atoms with Gasteiger partial charge in [-0.25, -0.2) is 0 Å². The second kappa shape index (κ2) is 4.37. The van der Waals surface area contributed by atoms with E-state index in [4.69, 9.17) is 10.5 Å². The largest absolute Gasteiger partial charge is 0.496 e. The van der Waals surface area contributed by atoms with E-state index >= 15 is 0 Å². The van der Waals surface area contributed by atoms with E-state index in [0.717, 1.165) is 22.7 Å². The van der Waals surface area contributed by atoms with Crippen LogP contribution in [0.2, 0.25) is 0 Å². The maximum Gasteiger partial charge on any atom is 0.128 e. The predicted molar refractivity (Wildman–Crippen MR) is 63.2 cm³/mol. The van der Waals surface area contributed by atoms with Gasteiger partial charge in [0.05, 0.1) is 12.8 Å². The Hall–Kier alpha value is -1.81. The second-order valence-corrected chi connectivity index (χ2v) is 3.69. The lowest BCUT2D eigenvalue weighted by molar-refractivity contribution is 0.416. The molecule has 2 aromatic rings. The Kier molecular flexibility index (Phi) is 2.92. The van der Waals surface area contributed by atoms with Crippen LogP contribution in [0.4, 0.5) is 0 Å². The minimum absolute atomic E-state index is 0.459. The van der Waals surface area contributed by atoms with Crippen LogP contribution in [0.5, 0.6) is 5.75 Å². The average molecular weight is 217 g/mol. The molecule has 1 heterocycles. The van der Waals surface area contributed by atoms with Gasteiger partial charge in [-0.15, -0.1) is 0 Å². The highest BCUT2D eigenvalue weighted by molar-refractivity contribution is 5.68. The number of aromatic amines is 1. The number of nitrogens with zero attached hydrogens (tertiary/aromatic N) is 1. The van der Waals surface area contributed by atoms with Crippen molar-refractivity contribution in [3.05, 3.63) is 35.5 Å². The number of hydrogen-bond donors (Lipinski definition) is 2. The fraction of sp³-hybridized carbons (Fsp3) is 0.250. The highest BCUT2D eigenvalue weighted by Crippen LogP contribution is 2.29. The van der Waals surface area contributed by atoms with Gasteiger partial charge in [0.15, 0.2) is 0 Å². The van der Waals surface area contributed by atoms with E-state index in [1.807, 2.05) is 25.1 Å². The van der Waals surface area contributed by atoms with E-state index in [1.165, 1.54) is 5.56 Å². The molecule has 1 aromatic carbocycles. The van der Waals surface area contributed by atoms with Crippen LogP contribution in [-0.4, -0.2) is 17.3 Å². The zero-order valence-electron chi connectivity index (χ0n) is 9.45. The highest BCUT2D eigenvalue weighted by Gasteiger charge is 2.09. The minimum Gasteiger partial charge on any atom is -0.496 e. The molecule has 1 aromatic heterocycles. The zero-order chi connectivity index (χ0) is 11.5. The molecule has 0 saturated carbocycles. The molecule has 0 amide bonds. The molecule has 0 saturated heterocycles. The van der Waals surface area contributed by atoms with Crippen LogP contribution in [0.3, 0.4) is 0 Å². The first-order chi connectivity index (χ1) is 7.74. The van der Waals surface area contributed by atoms with Crippen LogP contribution in [0.25, 0.3) is 11.3 Å². The number of aryl methyl sites for hydroxylation is 1. The van der Waals surface area contributed by atoms with Crippen LogP contribution in [0.1, 0.15) is 11.3 Å². The van der Waals surface area contributed by atoms with Crippen LogP contribution in [-0.2, 0) is 6.54 Å². The van der Waals surface area contributed by atoms with Gasteiger partial charge in [0.1, 0.15) is 5.75 Å². The molecule has 16 heavy (non-hydrogen) atoms. The lowest BCUT2D eigenvalue weighted by Crippen LogP contribution is -1.95. The van der Waals surface area contributed by atoms with Crippen molar-refractivity contribution in [1.82, 2.24) is 10.2 Å². The predicted octanol–water partition coefficient (Wildman–Crippen LogP) is 1.85. The highest BCUT2D eigenvalue weighted by atomic mass is 16.5. The van der Waals surface area contributed by atoms with Crippen molar-refractivity contribution >= 4 is 0 Å². The molecule has 0 atom stereocenters. The topological polar surface area (TPSA) is 63.9 Å². The third-order valence-electron chi connectivity index (χ3n) is 2.48. The first-order valence-corrected chi connectivity index (χ1v) is 5.14. The molecule has 2 rings (SSSR count). The number of rotatable bonds is 3. The van der Waals surface area contributed by atoms with Gasteiger partial charge in [-0.05, 0) is 25.1 Å². The monoisotopic (exact) mass is 217 g/mol. The summed E-state index contributed by atoms with van der Waals surface area (Å²) in [5.41, 5.74) is 9.48. The van der Waals surface area contributed by atoms with Crippen molar-refractivity contribution in [3.63, 3.8) is 0 Å². The van der Waals surface area contributed by atoms with Crippen molar-refractivity contribution in [2.75, 3.05) is 7.11 Å². The summed E-state index contributed by atoms with van der Waals surface area (Å²) in [5, 5.41) is 7.12. The fourth-order valence-corrected chi connectivity index (χ4v) is 1.63. The number of ether oxygens (including phenoxy) is 1. The van der Waals surface area contributed by atoms with E-state index in [9.17, 15) is 0 Å². The smallest absolute Gasteiger partial charge is 0.128 e. The Morgan fingerprint density at radius 1 is 1.38 bits per heavy atom. The second-order valence-electron chi connectivity index (χ2n) is 3.69. The van der Waals surface area contributed by atoms with Crippen molar-refractivity contribution in [3.8, 4) is 17.0 Å². The van der Waals surface area contributed by atoms with Crippen LogP contribution in [0.15, 0.2) is 24.3 Å². The van der Waals surface area contributed by atoms with E-state index < -0.39 is 0 Å². The first-order valence-electron chi connectivity index (χ1n) is 5.14. The Morgan fingerprint density at radius 3 is 2.81 bits per heavy atom. The van der Waals surface area contributed by atoms with Crippen molar-refractivity contribution in [2.45, 2.75) is 13.5 Å². The normalized spacial score (nSPS) is 10.4. The van der Waals surface area contributed by atoms with Gasteiger partial charge in [0.25, 0.3) is 0 Å². The lowest BCUT2D eigenvalue weighted by atomic mass is 10.1. The lowest BCUT2D eigenvalue weighted by Gasteiger charge is -2.06. The summed E-state index contributed by atoms with van der Waals surface area (Å²) in [6.45, 7) is 2.50. The summed E-state index contributed by atoms with van der Waals surface area (Å²) in [7, 11) is 1.66. The summed E-state index contributed by atoms with van der Waals surface area (Å²) < 4.78 is 5.31. The number of nitrogens with two attached hydrogens (primary N) is 1. The van der Waals surface area contributed by atoms with Gasteiger partial charge in [0, 0.05) is 17.8 Å². The first kappa shape index (κ1) is 10.7. The number of H-pyrrole nitrogens is 1. The van der Waals surface area contributed by atoms with E-state index in [2.05, 4.69) is 16.3 Å². The fourth-order valence-electron chi connectivity index (χ4n) is 1.63. The molecule has 4 nitrogen and oxygen atoms in total. The summed E-state index contributed by atoms with van der Waals surface area (Å²) >= 11 is 0. The van der Waals surface area contributed by atoms with Gasteiger partial charge in [0.2, 0.25) is 0 Å². The maximum absolute atomic E-state index is 5.54. The minimum atomic E-state index is 0.459. The molecule has 0 bridgehead atoms. The number of nitrogens with one attached hydrogen (secondary N) is 1. The average Bonchev–Trinajstić information content (AvgIpc) is 2.77. The third-order valence-corrected chi connectivity index (χ3v) is 2.48. The summed E-state index contributed by atoms with van der Waals surface area (Å²) in [6.07, 6.45) is 0. The molecule has 0 radical (unpaired) electrons. The number of benzene rings is 1. The Morgan fingerprint density at radius 2 is 2.19 bits per heavy atom. The Bertz CT molecular complexity index is 491. The van der Waals surface area contributed by atoms with Gasteiger partial charge in [-0.2, -0.15) is 5.10 Å². The molecule has 0 aliphatic carbocycles. The van der Waals surface area contributed by atoms with E-state index in [0.29, 0.717) is 6.54 Å². The molecule has 0 spiro atoms. The van der Waals surface area contributed by atoms with Crippen molar-refractivity contribution in [1.29, 1.82) is 0 Å². The number of aromatic nitrogens is 2. The van der Waals surface area contributed by atoms with Crippen LogP contribution >= 0.6 is 0 Å². The van der Waals surface area contributed by atoms with Gasteiger partial charge < -0.3 is 10.5 Å². The summed E-state index contributed by atoms with van der Waals surface area (Å²) in [4.78, 5) is 0. The molecule has 4 heteroatoms. The standard InChI is InChI=1S/C12H15N3O/c1-8-3-4-12(16-2)10(5-8)11-6-9(7-13)14-15-11/h3-6H,7,13H2,1-2H3,(H,14,15). The SMILES string of the molecule is COc1ccc(C)cc1-c1cc(CN)[nH]n1. The van der Waals surface area contributed by atoms with Crippen LogP contribution < -0.4 is 10.5 Å². The van der Waals surface area contributed by atoms with E-state index in [1.54, 1.807) is 7.11 Å². The van der Waals surface area contributed by atoms with Gasteiger partial charge in [-0.3, -0.25) is 5.10 Å². The van der Waals surface area contributed by atoms with Gasteiger partial charge >= 0.3 is 0 Å². The Balaban J connectivity index is 2.49. The molecule has 0 fully saturated rings. The number of hydrogen-bond acceptors (Lipinski definition) is 3. The Labute approximate surface area is 94.4 Å². The summed E-state index contributed by atoms with van der Waals surface area (Å²) in [5.74, 6) is 0.820. The van der Waals surface area contributed by atoms with Crippen molar-refractivity contribution in [2.24, 2.45) is 5.73 Å². The molecule has 0 unspecified atom stereocenters. The summed E-state index contributed by atoms with van der Waals surface area (Å²) in [6, 6.07) is 7.95. The van der Waals surface area contributed by atoms with Crippen molar-refractivity contribution < 1.29 is 4.74 Å². The molecular formula is C12H15N3O. The van der Waals surface area contributed by atoms with Crippen LogP contribution in [0, 0.1) is 6.92 Å². The molecule has 3 N–H and O–H groups in total. The maximum atomic E-state index is 5.54. The zero-order valence-corrected chi connectivity index (χ0v) is 9.45. The molecular weight excluding hydrogens is 202 g/mol. The molecule has 0 aliphatic rings. The third kappa shape index (κ3) is 1.92. The molecule has 84 valence electrons.